The maximum absolute atomic E-state index is 12.5. The molecule has 0 aromatic heterocycles. The lowest BCUT2D eigenvalue weighted by molar-refractivity contribution is -0.150. The smallest absolute Gasteiger partial charge is 0.327 e. The lowest BCUT2D eigenvalue weighted by Crippen LogP contribution is -2.45. The Labute approximate surface area is 153 Å². The van der Waals surface area contributed by atoms with Crippen LogP contribution in [-0.4, -0.2) is 57.4 Å². The third-order valence-electron chi connectivity index (χ3n) is 3.50. The van der Waals surface area contributed by atoms with Gasteiger partial charge in [-0.05, 0) is 23.8 Å². The number of hydrogen-bond donors (Lipinski definition) is 2. The molecule has 2 rings (SSSR count). The highest BCUT2D eigenvalue weighted by Crippen LogP contribution is 2.34. The minimum absolute atomic E-state index is 0.0369. The predicted molar refractivity (Wildman–Crippen MR) is 99.5 cm³/mol. The Balaban J connectivity index is 2.27. The van der Waals surface area contributed by atoms with Crippen LogP contribution in [0.15, 0.2) is 29.2 Å². The summed E-state index contributed by atoms with van der Waals surface area (Å²) in [6, 6.07) is 5.91. The van der Waals surface area contributed by atoms with Crippen molar-refractivity contribution in [2.24, 2.45) is 0 Å². The molecule has 1 heterocycles. The van der Waals surface area contributed by atoms with Crippen molar-refractivity contribution in [1.29, 1.82) is 0 Å². The van der Waals surface area contributed by atoms with Crippen LogP contribution in [0, 0.1) is 0 Å². The average Bonchev–Trinajstić information content (AvgIpc) is 2.79. The molecule has 2 N–H and O–H groups in total. The highest BCUT2D eigenvalue weighted by Gasteiger charge is 2.41. The number of thioether (sulfide) groups is 1. The van der Waals surface area contributed by atoms with Crippen molar-refractivity contribution in [3.05, 3.63) is 34.7 Å². The van der Waals surface area contributed by atoms with Gasteiger partial charge < -0.3 is 15.1 Å². The molecular formula is C16H16N2O5S2. The Morgan fingerprint density at radius 2 is 1.88 bits per heavy atom. The van der Waals surface area contributed by atoms with Crippen LogP contribution in [0.3, 0.4) is 0 Å². The van der Waals surface area contributed by atoms with Crippen LogP contribution in [-0.2, 0) is 14.4 Å². The molecule has 0 radical (unpaired) electrons. The van der Waals surface area contributed by atoms with Crippen molar-refractivity contribution in [2.75, 3.05) is 19.0 Å². The van der Waals surface area contributed by atoms with Gasteiger partial charge in [-0.15, -0.1) is 0 Å². The van der Waals surface area contributed by atoms with E-state index in [0.29, 0.717) is 0 Å². The molecule has 1 aliphatic rings. The van der Waals surface area contributed by atoms with Gasteiger partial charge in [0, 0.05) is 19.8 Å². The fourth-order valence-electron chi connectivity index (χ4n) is 2.22. The Hall–Kier alpha value is -2.39. The van der Waals surface area contributed by atoms with E-state index in [4.69, 9.17) is 17.3 Å². The highest BCUT2D eigenvalue weighted by atomic mass is 32.2. The SMILES string of the molecule is CN(C)c1ccc(/C=C2\SC(=S)N([C@H](CC(=O)O)C(=O)O)C2=O)cc1. The van der Waals surface area contributed by atoms with Gasteiger partial charge in [0.25, 0.3) is 5.91 Å². The van der Waals surface area contributed by atoms with Gasteiger partial charge in [0.15, 0.2) is 0 Å². The highest BCUT2D eigenvalue weighted by molar-refractivity contribution is 8.26. The van der Waals surface area contributed by atoms with Gasteiger partial charge in [0.2, 0.25) is 0 Å². The van der Waals surface area contributed by atoms with E-state index in [1.54, 1.807) is 6.08 Å². The monoisotopic (exact) mass is 380 g/mol. The topological polar surface area (TPSA) is 98.2 Å². The molecule has 0 bridgehead atoms. The first-order valence-corrected chi connectivity index (χ1v) is 8.42. The number of carboxylic acid groups (broad SMARTS) is 2. The predicted octanol–water partition coefficient (Wildman–Crippen LogP) is 1.88. The fourth-order valence-corrected chi connectivity index (χ4v) is 3.58. The number of aliphatic carboxylic acids is 2. The first kappa shape index (κ1) is 18.9. The summed E-state index contributed by atoms with van der Waals surface area (Å²) in [6.45, 7) is 0. The summed E-state index contributed by atoms with van der Waals surface area (Å²) in [5, 5.41) is 18.1. The van der Waals surface area contributed by atoms with Crippen molar-refractivity contribution in [3.63, 3.8) is 0 Å². The van der Waals surface area contributed by atoms with Gasteiger partial charge in [0.1, 0.15) is 10.4 Å². The maximum Gasteiger partial charge on any atom is 0.327 e. The quantitative estimate of drug-likeness (QED) is 0.570. The normalized spacial score (nSPS) is 17.0. The van der Waals surface area contributed by atoms with Crippen molar-refractivity contribution in [1.82, 2.24) is 4.90 Å². The van der Waals surface area contributed by atoms with E-state index in [1.807, 2.05) is 43.3 Å². The standard InChI is InChI=1S/C16H16N2O5S2/c1-17(2)10-5-3-9(4-6-10)7-12-14(21)18(16(24)25-12)11(15(22)23)8-13(19)20/h3-7,11H,8H2,1-2H3,(H,19,20)(H,22,23)/b12-7-/t11-/m1/s1. The van der Waals surface area contributed by atoms with Crippen LogP contribution in [0.2, 0.25) is 0 Å². The minimum atomic E-state index is -1.52. The molecule has 0 spiro atoms. The second-order valence-electron chi connectivity index (χ2n) is 5.49. The second kappa shape index (κ2) is 7.66. The Bertz CT molecular complexity index is 758. The molecule has 1 fully saturated rings. The van der Waals surface area contributed by atoms with E-state index in [9.17, 15) is 19.5 Å². The van der Waals surface area contributed by atoms with Crippen molar-refractivity contribution < 1.29 is 24.6 Å². The van der Waals surface area contributed by atoms with Crippen LogP contribution in [0.25, 0.3) is 6.08 Å². The number of rotatable bonds is 6. The first-order valence-electron chi connectivity index (χ1n) is 7.19. The first-order chi connectivity index (χ1) is 11.7. The summed E-state index contributed by atoms with van der Waals surface area (Å²) in [5.74, 6) is -3.32. The van der Waals surface area contributed by atoms with Crippen LogP contribution in [0.4, 0.5) is 5.69 Å². The number of carboxylic acids is 2. The van der Waals surface area contributed by atoms with Gasteiger partial charge in [-0.25, -0.2) is 4.79 Å². The number of nitrogens with zero attached hydrogens (tertiary/aromatic N) is 2. The molecule has 1 aromatic rings. The maximum atomic E-state index is 12.5. The molecule has 1 aromatic carbocycles. The van der Waals surface area contributed by atoms with E-state index in [1.165, 1.54) is 0 Å². The van der Waals surface area contributed by atoms with E-state index in [0.717, 1.165) is 27.9 Å². The second-order valence-corrected chi connectivity index (χ2v) is 7.17. The number of anilines is 1. The Morgan fingerprint density at radius 1 is 1.28 bits per heavy atom. The molecule has 7 nitrogen and oxygen atoms in total. The number of benzene rings is 1. The van der Waals surface area contributed by atoms with Crippen LogP contribution in [0.5, 0.6) is 0 Å². The number of thiocarbonyl (C=S) groups is 1. The molecule has 1 atom stereocenters. The summed E-state index contributed by atoms with van der Waals surface area (Å²) >= 11 is 6.04. The molecule has 132 valence electrons. The van der Waals surface area contributed by atoms with Gasteiger partial charge >= 0.3 is 11.9 Å². The van der Waals surface area contributed by atoms with Gasteiger partial charge in [0.05, 0.1) is 11.3 Å². The average molecular weight is 380 g/mol. The molecule has 0 aliphatic carbocycles. The van der Waals surface area contributed by atoms with E-state index < -0.39 is 30.3 Å². The summed E-state index contributed by atoms with van der Waals surface area (Å²) < 4.78 is 0.0369. The fraction of sp³-hybridized carbons (Fsp3) is 0.250. The van der Waals surface area contributed by atoms with Crippen LogP contribution < -0.4 is 4.90 Å². The lowest BCUT2D eigenvalue weighted by Gasteiger charge is -2.21. The molecule has 1 amide bonds. The number of hydrogen-bond acceptors (Lipinski definition) is 6. The number of amides is 1. The molecule has 25 heavy (non-hydrogen) atoms. The Kier molecular flexibility index (Phi) is 5.81. The largest absolute Gasteiger partial charge is 0.481 e. The van der Waals surface area contributed by atoms with Crippen molar-refractivity contribution >= 4 is 57.9 Å². The zero-order valence-corrected chi connectivity index (χ0v) is 15.1. The van der Waals surface area contributed by atoms with Crippen LogP contribution >= 0.6 is 24.0 Å². The molecular weight excluding hydrogens is 364 g/mol. The summed E-state index contributed by atoms with van der Waals surface area (Å²) in [6.07, 6.45) is 0.894. The molecule has 1 saturated heterocycles. The summed E-state index contributed by atoms with van der Waals surface area (Å²) in [7, 11) is 3.82. The van der Waals surface area contributed by atoms with Crippen LogP contribution in [0.1, 0.15) is 12.0 Å². The Morgan fingerprint density at radius 3 is 2.36 bits per heavy atom. The van der Waals surface area contributed by atoms with E-state index in [-0.39, 0.29) is 9.23 Å². The summed E-state index contributed by atoms with van der Waals surface area (Å²) in [5.41, 5.74) is 1.76. The van der Waals surface area contributed by atoms with Gasteiger partial charge in [-0.2, -0.15) is 0 Å². The van der Waals surface area contributed by atoms with E-state index >= 15 is 0 Å². The lowest BCUT2D eigenvalue weighted by atomic mass is 10.1. The number of carbonyl (C=O) groups excluding carboxylic acids is 1. The zero-order valence-electron chi connectivity index (χ0n) is 13.5. The third kappa shape index (κ3) is 4.37. The zero-order chi connectivity index (χ0) is 18.7. The molecule has 0 unspecified atom stereocenters. The van der Waals surface area contributed by atoms with E-state index in [2.05, 4.69) is 0 Å². The third-order valence-corrected chi connectivity index (χ3v) is 4.83. The van der Waals surface area contributed by atoms with Crippen molar-refractivity contribution in [3.8, 4) is 0 Å². The van der Waals surface area contributed by atoms with Gasteiger partial charge in [-0.3, -0.25) is 14.5 Å². The summed E-state index contributed by atoms with van der Waals surface area (Å²) in [4.78, 5) is 37.8. The number of carbonyl (C=O) groups is 3. The molecule has 1 aliphatic heterocycles. The van der Waals surface area contributed by atoms with Crippen molar-refractivity contribution in [2.45, 2.75) is 12.5 Å². The van der Waals surface area contributed by atoms with Gasteiger partial charge in [-0.1, -0.05) is 36.1 Å². The molecule has 9 heteroatoms. The minimum Gasteiger partial charge on any atom is -0.481 e. The molecule has 0 saturated carbocycles.